The molecule has 0 radical (unpaired) electrons. The van der Waals surface area contributed by atoms with Crippen LogP contribution in [0.1, 0.15) is 22.8 Å². The SMILES string of the molecule is CCn1c(O)c(N=NC(=O)c2cc(OC)cc(OC)c2)c2cc(C)ccc21. The van der Waals surface area contributed by atoms with E-state index in [0.717, 1.165) is 16.5 Å². The Morgan fingerprint density at radius 2 is 1.78 bits per heavy atom. The van der Waals surface area contributed by atoms with Gasteiger partial charge in [-0.15, -0.1) is 10.2 Å². The Morgan fingerprint density at radius 3 is 2.37 bits per heavy atom. The van der Waals surface area contributed by atoms with Gasteiger partial charge in [-0.1, -0.05) is 11.6 Å². The maximum atomic E-state index is 12.5. The molecule has 1 heterocycles. The fraction of sp³-hybridized carbons (Fsp3) is 0.250. The molecule has 1 N–H and O–H groups in total. The number of carbonyl (C=O) groups is 1. The fourth-order valence-electron chi connectivity index (χ4n) is 2.94. The molecule has 0 saturated heterocycles. The van der Waals surface area contributed by atoms with Gasteiger partial charge in [-0.3, -0.25) is 4.79 Å². The Hall–Kier alpha value is -3.35. The predicted octanol–water partition coefficient (Wildman–Crippen LogP) is 4.62. The monoisotopic (exact) mass is 367 g/mol. The van der Waals surface area contributed by atoms with Gasteiger partial charge in [0.15, 0.2) is 5.69 Å². The highest BCUT2D eigenvalue weighted by Crippen LogP contribution is 2.39. The number of amides is 1. The molecule has 1 amide bonds. The van der Waals surface area contributed by atoms with Gasteiger partial charge in [0, 0.05) is 18.0 Å². The largest absolute Gasteiger partial charge is 0.497 e. The van der Waals surface area contributed by atoms with Crippen molar-refractivity contribution in [2.45, 2.75) is 20.4 Å². The van der Waals surface area contributed by atoms with Crippen molar-refractivity contribution < 1.29 is 19.4 Å². The standard InChI is InChI=1S/C20H21N3O4/c1-5-23-17-7-6-12(2)8-16(17)18(20(23)25)21-22-19(24)13-9-14(26-3)11-15(10-13)27-4/h6-11,25H,5H2,1-4H3. The smallest absolute Gasteiger partial charge is 0.295 e. The van der Waals surface area contributed by atoms with Gasteiger partial charge >= 0.3 is 0 Å². The second-order valence-corrected chi connectivity index (χ2v) is 6.04. The minimum absolute atomic E-state index is 0.0159. The second kappa shape index (κ2) is 7.49. The topological polar surface area (TPSA) is 85.4 Å². The van der Waals surface area contributed by atoms with E-state index in [1.54, 1.807) is 22.8 Å². The first-order chi connectivity index (χ1) is 13.0. The molecular formula is C20H21N3O4. The number of aromatic nitrogens is 1. The average Bonchev–Trinajstić information content (AvgIpc) is 2.95. The van der Waals surface area contributed by atoms with E-state index in [4.69, 9.17) is 9.47 Å². The van der Waals surface area contributed by atoms with Gasteiger partial charge in [-0.25, -0.2) is 0 Å². The van der Waals surface area contributed by atoms with E-state index in [9.17, 15) is 9.90 Å². The van der Waals surface area contributed by atoms with Crippen LogP contribution < -0.4 is 9.47 Å². The first-order valence-corrected chi connectivity index (χ1v) is 8.49. The van der Waals surface area contributed by atoms with Gasteiger partial charge in [0.05, 0.1) is 25.3 Å². The van der Waals surface area contributed by atoms with Crippen LogP contribution in [0.25, 0.3) is 10.9 Å². The zero-order chi connectivity index (χ0) is 19.6. The van der Waals surface area contributed by atoms with Crippen molar-refractivity contribution >= 4 is 22.5 Å². The minimum atomic E-state index is -0.559. The van der Waals surface area contributed by atoms with Crippen LogP contribution in [0.15, 0.2) is 46.6 Å². The van der Waals surface area contributed by atoms with Crippen LogP contribution in [0.2, 0.25) is 0 Å². The van der Waals surface area contributed by atoms with Gasteiger partial charge in [0.1, 0.15) is 11.5 Å². The summed E-state index contributed by atoms with van der Waals surface area (Å²) in [4.78, 5) is 12.5. The van der Waals surface area contributed by atoms with Crippen molar-refractivity contribution in [1.82, 2.24) is 4.57 Å². The summed E-state index contributed by atoms with van der Waals surface area (Å²) in [6, 6.07) is 10.6. The lowest BCUT2D eigenvalue weighted by Crippen LogP contribution is -1.97. The first-order valence-electron chi connectivity index (χ1n) is 8.49. The molecule has 0 bridgehead atoms. The van der Waals surface area contributed by atoms with Crippen LogP contribution in [0, 0.1) is 6.92 Å². The predicted molar refractivity (Wildman–Crippen MR) is 102 cm³/mol. The molecule has 3 aromatic rings. The van der Waals surface area contributed by atoms with E-state index in [1.165, 1.54) is 14.2 Å². The lowest BCUT2D eigenvalue weighted by molar-refractivity contribution is 0.0994. The average molecular weight is 367 g/mol. The molecule has 0 atom stereocenters. The number of nitrogens with zero attached hydrogens (tertiary/aromatic N) is 3. The lowest BCUT2D eigenvalue weighted by atomic mass is 10.1. The minimum Gasteiger partial charge on any atom is -0.497 e. The highest BCUT2D eigenvalue weighted by atomic mass is 16.5. The summed E-state index contributed by atoms with van der Waals surface area (Å²) in [6.45, 7) is 4.45. The van der Waals surface area contributed by atoms with Crippen LogP contribution >= 0.6 is 0 Å². The number of ether oxygens (including phenoxy) is 2. The summed E-state index contributed by atoms with van der Waals surface area (Å²) in [6.07, 6.45) is 0. The quantitative estimate of drug-likeness (QED) is 0.667. The Bertz CT molecular complexity index is 1020. The molecule has 0 spiro atoms. The zero-order valence-corrected chi connectivity index (χ0v) is 15.7. The molecule has 0 aliphatic rings. The number of benzene rings is 2. The molecule has 7 heteroatoms. The molecule has 0 fully saturated rings. The summed E-state index contributed by atoms with van der Waals surface area (Å²) < 4.78 is 12.1. The van der Waals surface area contributed by atoms with Crippen LogP contribution in [0.3, 0.4) is 0 Å². The van der Waals surface area contributed by atoms with Crippen LogP contribution in [-0.4, -0.2) is 29.8 Å². The molecule has 7 nitrogen and oxygen atoms in total. The number of aromatic hydroxyl groups is 1. The van der Waals surface area contributed by atoms with E-state index in [1.807, 2.05) is 32.0 Å². The van der Waals surface area contributed by atoms with E-state index >= 15 is 0 Å². The third kappa shape index (κ3) is 3.48. The van der Waals surface area contributed by atoms with Crippen molar-refractivity contribution in [1.29, 1.82) is 0 Å². The normalized spacial score (nSPS) is 11.3. The first kappa shape index (κ1) is 18.4. The van der Waals surface area contributed by atoms with E-state index in [2.05, 4.69) is 10.2 Å². The maximum absolute atomic E-state index is 12.5. The Kier molecular flexibility index (Phi) is 5.12. The van der Waals surface area contributed by atoms with Crippen LogP contribution in [0.5, 0.6) is 17.4 Å². The summed E-state index contributed by atoms with van der Waals surface area (Å²) in [7, 11) is 3.01. The van der Waals surface area contributed by atoms with E-state index in [-0.39, 0.29) is 17.1 Å². The highest BCUT2D eigenvalue weighted by Gasteiger charge is 2.17. The fourth-order valence-corrected chi connectivity index (χ4v) is 2.94. The highest BCUT2D eigenvalue weighted by molar-refractivity contribution is 5.98. The van der Waals surface area contributed by atoms with E-state index in [0.29, 0.717) is 18.0 Å². The van der Waals surface area contributed by atoms with Crippen molar-refractivity contribution in [3.05, 3.63) is 47.5 Å². The molecule has 140 valence electrons. The number of hydrogen-bond acceptors (Lipinski definition) is 5. The molecule has 0 unspecified atom stereocenters. The number of rotatable bonds is 5. The third-order valence-corrected chi connectivity index (χ3v) is 4.32. The number of aryl methyl sites for hydroxylation is 2. The summed E-state index contributed by atoms with van der Waals surface area (Å²) in [5.41, 5.74) is 2.42. The Balaban J connectivity index is 2.02. The summed E-state index contributed by atoms with van der Waals surface area (Å²) in [5.74, 6) is 0.387. The number of methoxy groups -OCH3 is 2. The molecular weight excluding hydrogens is 346 g/mol. The van der Waals surface area contributed by atoms with Gasteiger partial charge < -0.3 is 19.1 Å². The molecule has 1 aromatic heterocycles. The van der Waals surface area contributed by atoms with Crippen LogP contribution in [0.4, 0.5) is 5.69 Å². The van der Waals surface area contributed by atoms with Crippen molar-refractivity contribution in [3.63, 3.8) is 0 Å². The van der Waals surface area contributed by atoms with Gasteiger partial charge in [-0.2, -0.15) is 0 Å². The molecule has 2 aromatic carbocycles. The number of azo groups is 1. The molecule has 0 aliphatic heterocycles. The number of fused-ring (bicyclic) bond motifs is 1. The van der Waals surface area contributed by atoms with E-state index < -0.39 is 5.91 Å². The second-order valence-electron chi connectivity index (χ2n) is 6.04. The Labute approximate surface area is 156 Å². The summed E-state index contributed by atoms with van der Waals surface area (Å²) in [5, 5.41) is 19.1. The van der Waals surface area contributed by atoms with Crippen LogP contribution in [-0.2, 0) is 6.54 Å². The third-order valence-electron chi connectivity index (χ3n) is 4.32. The zero-order valence-electron chi connectivity index (χ0n) is 15.7. The van der Waals surface area contributed by atoms with Gasteiger partial charge in [0.2, 0.25) is 5.88 Å². The van der Waals surface area contributed by atoms with Crippen molar-refractivity contribution in [2.24, 2.45) is 10.2 Å². The number of hydrogen-bond donors (Lipinski definition) is 1. The van der Waals surface area contributed by atoms with Gasteiger partial charge in [-0.05, 0) is 38.1 Å². The summed E-state index contributed by atoms with van der Waals surface area (Å²) >= 11 is 0. The number of carbonyl (C=O) groups excluding carboxylic acids is 1. The van der Waals surface area contributed by atoms with Crippen molar-refractivity contribution in [3.8, 4) is 17.4 Å². The molecule has 0 saturated carbocycles. The molecule has 3 rings (SSSR count). The van der Waals surface area contributed by atoms with Crippen molar-refractivity contribution in [2.75, 3.05) is 14.2 Å². The lowest BCUT2D eigenvalue weighted by Gasteiger charge is -2.05. The maximum Gasteiger partial charge on any atom is 0.295 e. The van der Waals surface area contributed by atoms with Gasteiger partial charge in [0.25, 0.3) is 5.91 Å². The Morgan fingerprint density at radius 1 is 1.11 bits per heavy atom. The molecule has 0 aliphatic carbocycles. The molecule has 27 heavy (non-hydrogen) atoms.